The molecule has 0 spiro atoms. The van der Waals surface area contributed by atoms with Crippen LogP contribution in [0.1, 0.15) is 31.2 Å². The van der Waals surface area contributed by atoms with Crippen molar-refractivity contribution < 1.29 is 24.4 Å². The molecule has 23 heavy (non-hydrogen) atoms. The quantitative estimate of drug-likeness (QED) is 0.678. The lowest BCUT2D eigenvalue weighted by atomic mass is 10.2. The fourth-order valence-corrected chi connectivity index (χ4v) is 3.69. The van der Waals surface area contributed by atoms with E-state index < -0.39 is 37.8 Å². The minimum atomic E-state index is -2.27. The van der Waals surface area contributed by atoms with Gasteiger partial charge in [0.2, 0.25) is 5.91 Å². The first-order chi connectivity index (χ1) is 10.9. The fraction of sp³-hybridized carbons (Fsp3) is 0.467. The zero-order valence-electron chi connectivity index (χ0n) is 12.8. The van der Waals surface area contributed by atoms with Crippen LogP contribution in [0.25, 0.3) is 0 Å². The number of rotatable bonds is 6. The number of aliphatic carboxylic acids is 1. The summed E-state index contributed by atoms with van der Waals surface area (Å²) in [5, 5.41) is 21.8. The Morgan fingerprint density at radius 1 is 1.35 bits per heavy atom. The zero-order chi connectivity index (χ0) is 17.0. The van der Waals surface area contributed by atoms with E-state index in [1.807, 2.05) is 0 Å². The minimum absolute atomic E-state index is 0.375. The Hall–Kier alpha value is -1.82. The van der Waals surface area contributed by atoms with Crippen LogP contribution in [-0.2, 0) is 14.2 Å². The molecule has 1 aliphatic rings. The van der Waals surface area contributed by atoms with Crippen LogP contribution in [0.2, 0.25) is 0 Å². The number of amides is 1. The Kier molecular flexibility index (Phi) is 5.82. The fourth-order valence-electron chi connectivity index (χ4n) is 2.61. The van der Waals surface area contributed by atoms with Gasteiger partial charge in [-0.15, -0.1) is 0 Å². The molecule has 0 aromatic heterocycles. The molecule has 0 bridgehead atoms. The Labute approximate surface area is 135 Å². The molecule has 0 radical (unpaired) electrons. The van der Waals surface area contributed by atoms with E-state index in [9.17, 15) is 19.3 Å². The van der Waals surface area contributed by atoms with Gasteiger partial charge in [0.1, 0.15) is 12.1 Å². The van der Waals surface area contributed by atoms with E-state index in [1.165, 1.54) is 11.8 Å². The number of aliphatic hydroxyl groups is 1. The molecule has 1 aliphatic heterocycles. The smallest absolute Gasteiger partial charge is 0.469 e. The van der Waals surface area contributed by atoms with Crippen molar-refractivity contribution in [2.45, 2.75) is 37.7 Å². The summed E-state index contributed by atoms with van der Waals surface area (Å²) in [6.45, 7) is 1.89. The topological polar surface area (TPSA) is 107 Å². The van der Waals surface area contributed by atoms with Crippen molar-refractivity contribution in [2.75, 3.05) is 6.54 Å². The van der Waals surface area contributed by atoms with Gasteiger partial charge in [0.25, 0.3) is 5.85 Å². The van der Waals surface area contributed by atoms with Gasteiger partial charge < -0.3 is 15.1 Å². The highest BCUT2D eigenvalue weighted by atomic mass is 31.1. The lowest BCUT2D eigenvalue weighted by Crippen LogP contribution is -2.47. The van der Waals surface area contributed by atoms with Crippen LogP contribution < -0.4 is 5.09 Å². The maximum absolute atomic E-state index is 12.3. The summed E-state index contributed by atoms with van der Waals surface area (Å²) in [7, 11) is -2.27. The van der Waals surface area contributed by atoms with Gasteiger partial charge in [-0.2, -0.15) is 0 Å². The zero-order valence-corrected chi connectivity index (χ0v) is 13.6. The Bertz CT molecular complexity index is 595. The van der Waals surface area contributed by atoms with Crippen molar-refractivity contribution in [2.24, 2.45) is 0 Å². The molecule has 0 saturated carbocycles. The van der Waals surface area contributed by atoms with E-state index >= 15 is 0 Å². The Morgan fingerprint density at radius 3 is 2.61 bits per heavy atom. The third kappa shape index (κ3) is 4.13. The number of aliphatic hydroxyl groups excluding tert-OH is 1. The summed E-state index contributed by atoms with van der Waals surface area (Å²) in [5.41, 5.74) is 0.491. The number of carbonyl (C=O) groups excluding carboxylic acids is 1. The van der Waals surface area contributed by atoms with E-state index in [-0.39, 0.29) is 0 Å². The van der Waals surface area contributed by atoms with E-state index in [0.717, 1.165) is 0 Å². The highest BCUT2D eigenvalue weighted by Crippen LogP contribution is 2.35. The predicted octanol–water partition coefficient (Wildman–Crippen LogP) is 1.47. The molecule has 7 nitrogen and oxygen atoms in total. The molecule has 1 aromatic carbocycles. The summed E-state index contributed by atoms with van der Waals surface area (Å²) in [5.74, 6) is -2.68. The van der Waals surface area contributed by atoms with Gasteiger partial charge in [0.05, 0.1) is 0 Å². The van der Waals surface area contributed by atoms with E-state index in [1.54, 1.807) is 30.3 Å². The molecule has 4 atom stereocenters. The molecular weight excluding hydrogens is 319 g/mol. The highest BCUT2D eigenvalue weighted by Gasteiger charge is 2.39. The monoisotopic (exact) mass is 339 g/mol. The van der Waals surface area contributed by atoms with Gasteiger partial charge in [-0.1, -0.05) is 35.4 Å². The van der Waals surface area contributed by atoms with Crippen LogP contribution in [0, 0.1) is 0 Å². The van der Waals surface area contributed by atoms with E-state index in [4.69, 9.17) is 5.11 Å². The van der Waals surface area contributed by atoms with Crippen LogP contribution in [-0.4, -0.2) is 45.6 Å². The molecular formula is C15H20N2O5P+. The van der Waals surface area contributed by atoms with Crippen molar-refractivity contribution in [3.8, 4) is 0 Å². The number of carboxylic acids is 1. The third-order valence-electron chi connectivity index (χ3n) is 3.83. The number of nitrogens with zero attached hydrogens (tertiary/aromatic N) is 1. The van der Waals surface area contributed by atoms with Gasteiger partial charge in [-0.3, -0.25) is 4.79 Å². The number of hydrogen-bond acceptors (Lipinski definition) is 4. The number of benzene rings is 1. The lowest BCUT2D eigenvalue weighted by molar-refractivity contribution is -0.148. The standard InChI is InChI=1S/C15H19N2O5P/c1-10(13(18)17-9-5-8-12(17)14(19)20)16-23(22)15(21)11-6-3-2-4-7-11/h2-4,6-7,10,12,15,21H,5,8-9H2,1H3,(H-,16,19,20,22)/p+1/t10-,12-,15?/m0/s1. The number of carbonyl (C=O) groups is 2. The summed E-state index contributed by atoms with van der Waals surface area (Å²) in [6, 6.07) is 6.85. The van der Waals surface area contributed by atoms with Crippen molar-refractivity contribution in [3.63, 3.8) is 0 Å². The summed E-state index contributed by atoms with van der Waals surface area (Å²) < 4.78 is 12.2. The van der Waals surface area contributed by atoms with Crippen LogP contribution in [0.15, 0.2) is 30.3 Å². The molecule has 1 amide bonds. The summed E-state index contributed by atoms with van der Waals surface area (Å²) >= 11 is 0. The molecule has 2 rings (SSSR count). The minimum Gasteiger partial charge on any atom is -0.480 e. The van der Waals surface area contributed by atoms with Crippen molar-refractivity contribution >= 4 is 19.8 Å². The van der Waals surface area contributed by atoms with Gasteiger partial charge in [-0.25, -0.2) is 4.79 Å². The Balaban J connectivity index is 1.98. The molecule has 3 N–H and O–H groups in total. The number of likely N-dealkylation sites (tertiary alicyclic amines) is 1. The lowest BCUT2D eigenvalue weighted by Gasteiger charge is -2.23. The molecule has 1 fully saturated rings. The van der Waals surface area contributed by atoms with Gasteiger partial charge in [0, 0.05) is 12.1 Å². The average Bonchev–Trinajstić information content (AvgIpc) is 3.03. The predicted molar refractivity (Wildman–Crippen MR) is 84.0 cm³/mol. The second-order valence-corrected chi connectivity index (χ2v) is 6.89. The van der Waals surface area contributed by atoms with Crippen molar-refractivity contribution in [1.29, 1.82) is 0 Å². The maximum atomic E-state index is 12.3. The molecule has 0 aliphatic carbocycles. The highest BCUT2D eigenvalue weighted by molar-refractivity contribution is 7.42. The van der Waals surface area contributed by atoms with Crippen LogP contribution >= 0.6 is 7.95 Å². The first kappa shape index (κ1) is 17.5. The first-order valence-electron chi connectivity index (χ1n) is 7.40. The molecule has 1 saturated heterocycles. The number of carboxylic acid groups (broad SMARTS) is 1. The summed E-state index contributed by atoms with van der Waals surface area (Å²) in [4.78, 5) is 24.8. The molecule has 2 unspecified atom stereocenters. The van der Waals surface area contributed by atoms with Crippen LogP contribution in [0.5, 0.6) is 0 Å². The molecule has 124 valence electrons. The largest absolute Gasteiger partial charge is 0.480 e. The van der Waals surface area contributed by atoms with E-state index in [0.29, 0.717) is 24.9 Å². The van der Waals surface area contributed by atoms with Crippen molar-refractivity contribution in [1.82, 2.24) is 9.99 Å². The van der Waals surface area contributed by atoms with Gasteiger partial charge in [-0.05, 0) is 24.3 Å². The van der Waals surface area contributed by atoms with Gasteiger partial charge in [0.15, 0.2) is 0 Å². The van der Waals surface area contributed by atoms with Crippen LogP contribution in [0.3, 0.4) is 0 Å². The second kappa shape index (κ2) is 7.64. The number of hydrogen-bond donors (Lipinski definition) is 3. The molecule has 1 heterocycles. The average molecular weight is 339 g/mol. The number of nitrogens with one attached hydrogen (secondary N) is 1. The Morgan fingerprint density at radius 2 is 2.00 bits per heavy atom. The summed E-state index contributed by atoms with van der Waals surface area (Å²) in [6.07, 6.45) is 1.06. The van der Waals surface area contributed by atoms with E-state index in [2.05, 4.69) is 5.09 Å². The first-order valence-corrected chi connectivity index (χ1v) is 8.73. The second-order valence-electron chi connectivity index (χ2n) is 5.49. The molecule has 1 aromatic rings. The van der Waals surface area contributed by atoms with Crippen LogP contribution in [0.4, 0.5) is 0 Å². The SMILES string of the molecule is C[C@H](N[P+](=O)C(O)c1ccccc1)C(=O)N1CCC[C@H]1C(=O)O. The maximum Gasteiger partial charge on any atom is 0.469 e. The normalized spacial score (nSPS) is 20.9. The third-order valence-corrected chi connectivity index (χ3v) is 5.22. The molecule has 8 heteroatoms. The van der Waals surface area contributed by atoms with Crippen molar-refractivity contribution in [3.05, 3.63) is 35.9 Å². The van der Waals surface area contributed by atoms with Gasteiger partial charge >= 0.3 is 13.9 Å².